The van der Waals surface area contributed by atoms with E-state index in [1.165, 1.54) is 0 Å². The Bertz CT molecular complexity index is 403. The highest BCUT2D eigenvalue weighted by Crippen LogP contribution is 2.15. The van der Waals surface area contributed by atoms with Gasteiger partial charge in [-0.05, 0) is 44.5 Å². The fourth-order valence-electron chi connectivity index (χ4n) is 2.05. The summed E-state index contributed by atoms with van der Waals surface area (Å²) in [4.78, 5) is 16.0. The van der Waals surface area contributed by atoms with Crippen LogP contribution in [-0.2, 0) is 4.74 Å². The number of rotatable bonds is 5. The molecule has 5 nitrogen and oxygen atoms in total. The lowest BCUT2D eigenvalue weighted by Gasteiger charge is -2.13. The SMILES string of the molecule is CCOC(=O)c1cccnc1NCC1CCNC1. The molecular formula is C13H19N3O2. The van der Waals surface area contributed by atoms with Crippen molar-refractivity contribution in [2.75, 3.05) is 31.6 Å². The third kappa shape index (κ3) is 3.20. The van der Waals surface area contributed by atoms with Gasteiger partial charge in [-0.2, -0.15) is 0 Å². The van der Waals surface area contributed by atoms with E-state index < -0.39 is 0 Å². The van der Waals surface area contributed by atoms with Crippen LogP contribution >= 0.6 is 0 Å². The molecule has 1 aromatic heterocycles. The van der Waals surface area contributed by atoms with Crippen LogP contribution in [0.5, 0.6) is 0 Å². The van der Waals surface area contributed by atoms with Crippen molar-refractivity contribution < 1.29 is 9.53 Å². The monoisotopic (exact) mass is 249 g/mol. The number of aromatic nitrogens is 1. The van der Waals surface area contributed by atoms with Crippen LogP contribution in [-0.4, -0.2) is 37.2 Å². The van der Waals surface area contributed by atoms with Gasteiger partial charge < -0.3 is 15.4 Å². The van der Waals surface area contributed by atoms with E-state index in [2.05, 4.69) is 15.6 Å². The lowest BCUT2D eigenvalue weighted by Crippen LogP contribution is -2.19. The van der Waals surface area contributed by atoms with Gasteiger partial charge in [0.2, 0.25) is 0 Å². The molecule has 1 aromatic rings. The normalized spacial score (nSPS) is 18.6. The maximum Gasteiger partial charge on any atom is 0.341 e. The van der Waals surface area contributed by atoms with Gasteiger partial charge in [0, 0.05) is 12.7 Å². The van der Waals surface area contributed by atoms with Crippen LogP contribution in [0, 0.1) is 5.92 Å². The number of ether oxygens (including phenoxy) is 1. The van der Waals surface area contributed by atoms with Crippen molar-refractivity contribution >= 4 is 11.8 Å². The zero-order valence-corrected chi connectivity index (χ0v) is 10.6. The summed E-state index contributed by atoms with van der Waals surface area (Å²) < 4.78 is 5.01. The van der Waals surface area contributed by atoms with Gasteiger partial charge in [-0.15, -0.1) is 0 Å². The van der Waals surface area contributed by atoms with Gasteiger partial charge in [-0.25, -0.2) is 9.78 Å². The van der Waals surface area contributed by atoms with E-state index in [0.29, 0.717) is 23.9 Å². The number of esters is 1. The number of nitrogens with one attached hydrogen (secondary N) is 2. The standard InChI is InChI=1S/C13H19N3O2/c1-2-18-13(17)11-4-3-6-15-12(11)16-9-10-5-7-14-8-10/h3-4,6,10,14H,2,5,7-9H2,1H3,(H,15,16). The first-order valence-corrected chi connectivity index (χ1v) is 6.38. The van der Waals surface area contributed by atoms with Gasteiger partial charge in [0.15, 0.2) is 0 Å². The maximum atomic E-state index is 11.7. The molecule has 2 N–H and O–H groups in total. The van der Waals surface area contributed by atoms with Crippen LogP contribution in [0.15, 0.2) is 18.3 Å². The lowest BCUT2D eigenvalue weighted by molar-refractivity contribution is 0.0527. The summed E-state index contributed by atoms with van der Waals surface area (Å²) in [6, 6.07) is 3.48. The third-order valence-electron chi connectivity index (χ3n) is 3.02. The average molecular weight is 249 g/mol. The highest BCUT2D eigenvalue weighted by Gasteiger charge is 2.17. The van der Waals surface area contributed by atoms with E-state index in [-0.39, 0.29) is 5.97 Å². The molecule has 0 saturated carbocycles. The molecule has 1 atom stereocenters. The molecule has 1 aliphatic heterocycles. The van der Waals surface area contributed by atoms with Gasteiger partial charge in [0.25, 0.3) is 0 Å². The first-order chi connectivity index (χ1) is 8.81. The molecule has 98 valence electrons. The summed E-state index contributed by atoms with van der Waals surface area (Å²) in [6.07, 6.45) is 2.84. The maximum absolute atomic E-state index is 11.7. The van der Waals surface area contributed by atoms with E-state index in [0.717, 1.165) is 26.1 Å². The molecule has 2 heterocycles. The number of hydrogen-bond donors (Lipinski definition) is 2. The molecule has 0 radical (unpaired) electrons. The summed E-state index contributed by atoms with van der Waals surface area (Å²) in [7, 11) is 0. The second kappa shape index (κ2) is 6.35. The first kappa shape index (κ1) is 12.8. The fraction of sp³-hybridized carbons (Fsp3) is 0.538. The van der Waals surface area contributed by atoms with E-state index in [4.69, 9.17) is 4.74 Å². The Labute approximate surface area is 107 Å². The molecule has 2 rings (SSSR count). The van der Waals surface area contributed by atoms with Crippen LogP contribution in [0.1, 0.15) is 23.7 Å². The molecule has 1 aliphatic rings. The largest absolute Gasteiger partial charge is 0.462 e. The molecule has 0 amide bonds. The van der Waals surface area contributed by atoms with Crippen LogP contribution in [0.25, 0.3) is 0 Å². The number of anilines is 1. The van der Waals surface area contributed by atoms with Gasteiger partial charge in [-0.1, -0.05) is 0 Å². The Kier molecular flexibility index (Phi) is 4.52. The summed E-state index contributed by atoms with van der Waals surface area (Å²) in [5.74, 6) is 0.891. The molecule has 1 unspecified atom stereocenters. The van der Waals surface area contributed by atoms with Crippen molar-refractivity contribution in [1.82, 2.24) is 10.3 Å². The zero-order valence-electron chi connectivity index (χ0n) is 10.6. The van der Waals surface area contributed by atoms with Gasteiger partial charge >= 0.3 is 5.97 Å². The zero-order chi connectivity index (χ0) is 12.8. The van der Waals surface area contributed by atoms with E-state index >= 15 is 0 Å². The topological polar surface area (TPSA) is 63.2 Å². The molecular weight excluding hydrogens is 230 g/mol. The average Bonchev–Trinajstić information content (AvgIpc) is 2.90. The summed E-state index contributed by atoms with van der Waals surface area (Å²) in [5, 5.41) is 6.56. The molecule has 0 aliphatic carbocycles. The quantitative estimate of drug-likeness (QED) is 0.770. The number of carbonyl (C=O) groups excluding carboxylic acids is 1. The molecule has 1 saturated heterocycles. The Morgan fingerprint density at radius 2 is 2.56 bits per heavy atom. The Morgan fingerprint density at radius 3 is 3.28 bits per heavy atom. The predicted molar refractivity (Wildman–Crippen MR) is 69.7 cm³/mol. The second-order valence-electron chi connectivity index (χ2n) is 4.36. The van der Waals surface area contributed by atoms with Crippen LogP contribution in [0.4, 0.5) is 5.82 Å². The first-order valence-electron chi connectivity index (χ1n) is 6.38. The smallest absolute Gasteiger partial charge is 0.341 e. The van der Waals surface area contributed by atoms with Crippen molar-refractivity contribution in [3.63, 3.8) is 0 Å². The summed E-state index contributed by atoms with van der Waals surface area (Å²) in [6.45, 7) is 5.09. The van der Waals surface area contributed by atoms with Crippen molar-refractivity contribution in [1.29, 1.82) is 0 Å². The van der Waals surface area contributed by atoms with Crippen LogP contribution in [0.2, 0.25) is 0 Å². The molecule has 0 aromatic carbocycles. The Balaban J connectivity index is 2.00. The summed E-state index contributed by atoms with van der Waals surface area (Å²) >= 11 is 0. The Morgan fingerprint density at radius 1 is 1.67 bits per heavy atom. The minimum Gasteiger partial charge on any atom is -0.462 e. The Hall–Kier alpha value is -1.62. The van der Waals surface area contributed by atoms with Crippen LogP contribution in [0.3, 0.4) is 0 Å². The van der Waals surface area contributed by atoms with Gasteiger partial charge in [0.1, 0.15) is 11.4 Å². The van der Waals surface area contributed by atoms with Crippen molar-refractivity contribution in [2.24, 2.45) is 5.92 Å². The van der Waals surface area contributed by atoms with Crippen molar-refractivity contribution in [3.05, 3.63) is 23.9 Å². The molecule has 0 spiro atoms. The van der Waals surface area contributed by atoms with Gasteiger partial charge in [-0.3, -0.25) is 0 Å². The molecule has 5 heteroatoms. The number of pyridine rings is 1. The predicted octanol–water partition coefficient (Wildman–Crippen LogP) is 1.28. The second-order valence-corrected chi connectivity index (χ2v) is 4.36. The van der Waals surface area contributed by atoms with Crippen molar-refractivity contribution in [2.45, 2.75) is 13.3 Å². The van der Waals surface area contributed by atoms with E-state index in [1.54, 1.807) is 25.3 Å². The summed E-state index contributed by atoms with van der Waals surface area (Å²) in [5.41, 5.74) is 0.505. The molecule has 1 fully saturated rings. The molecule has 0 bridgehead atoms. The fourth-order valence-corrected chi connectivity index (χ4v) is 2.05. The van der Waals surface area contributed by atoms with Crippen molar-refractivity contribution in [3.8, 4) is 0 Å². The number of nitrogens with zero attached hydrogens (tertiary/aromatic N) is 1. The third-order valence-corrected chi connectivity index (χ3v) is 3.02. The molecule has 18 heavy (non-hydrogen) atoms. The lowest BCUT2D eigenvalue weighted by atomic mass is 10.1. The number of carbonyl (C=O) groups is 1. The van der Waals surface area contributed by atoms with Crippen LogP contribution < -0.4 is 10.6 Å². The van der Waals surface area contributed by atoms with E-state index in [9.17, 15) is 4.79 Å². The minimum absolute atomic E-state index is 0.322. The number of hydrogen-bond acceptors (Lipinski definition) is 5. The highest BCUT2D eigenvalue weighted by atomic mass is 16.5. The van der Waals surface area contributed by atoms with Gasteiger partial charge in [0.05, 0.1) is 6.61 Å². The highest BCUT2D eigenvalue weighted by molar-refractivity contribution is 5.94. The van der Waals surface area contributed by atoms with E-state index in [1.807, 2.05) is 0 Å². The minimum atomic E-state index is -0.322.